The molecule has 0 aliphatic rings. The molecule has 22 heavy (non-hydrogen) atoms. The minimum absolute atomic E-state index is 0.217. The average molecular weight is 358 g/mol. The molecule has 0 fully saturated rings. The molecule has 2 aromatic rings. The van der Waals surface area contributed by atoms with Crippen LogP contribution in [0.2, 0.25) is 0 Å². The van der Waals surface area contributed by atoms with Gasteiger partial charge in [0.05, 0.1) is 6.42 Å². The number of halogens is 3. The number of hydrogen-bond donors (Lipinski definition) is 2. The summed E-state index contributed by atoms with van der Waals surface area (Å²) in [6.07, 6.45) is -0.620. The van der Waals surface area contributed by atoms with E-state index in [1.165, 1.54) is 0 Å². The zero-order valence-electron chi connectivity index (χ0n) is 11.6. The van der Waals surface area contributed by atoms with Crippen molar-refractivity contribution >= 4 is 46.4 Å². The fourth-order valence-corrected chi connectivity index (χ4v) is 2.22. The Labute approximate surface area is 144 Å². The van der Waals surface area contributed by atoms with Gasteiger partial charge in [0.15, 0.2) is 0 Å². The van der Waals surface area contributed by atoms with Crippen molar-refractivity contribution in [1.29, 1.82) is 0 Å². The van der Waals surface area contributed by atoms with Crippen LogP contribution in [0, 0.1) is 0 Å². The quantitative estimate of drug-likeness (QED) is 0.623. The molecule has 0 saturated heterocycles. The third-order valence-electron chi connectivity index (χ3n) is 2.92. The van der Waals surface area contributed by atoms with Crippen molar-refractivity contribution in [2.45, 2.75) is 16.4 Å². The predicted molar refractivity (Wildman–Crippen MR) is 92.4 cm³/mol. The lowest BCUT2D eigenvalue weighted by Gasteiger charge is -2.27. The number of amides is 1. The molecular formula is C16H15Cl3N2O. The van der Waals surface area contributed by atoms with Crippen molar-refractivity contribution in [3.63, 3.8) is 0 Å². The van der Waals surface area contributed by atoms with Gasteiger partial charge in [-0.1, -0.05) is 83.3 Å². The molecule has 116 valence electrons. The second kappa shape index (κ2) is 7.73. The van der Waals surface area contributed by atoms with Gasteiger partial charge in [0.2, 0.25) is 9.70 Å². The summed E-state index contributed by atoms with van der Waals surface area (Å²) in [5.41, 5.74) is 1.64. The average Bonchev–Trinajstić information content (AvgIpc) is 2.48. The fraction of sp³-hybridized carbons (Fsp3) is 0.188. The number of para-hydroxylation sites is 1. The van der Waals surface area contributed by atoms with E-state index in [-0.39, 0.29) is 12.3 Å². The van der Waals surface area contributed by atoms with Gasteiger partial charge in [0.1, 0.15) is 6.17 Å². The second-order valence-corrected chi connectivity index (χ2v) is 7.08. The number of carbonyl (C=O) groups is 1. The van der Waals surface area contributed by atoms with E-state index in [1.807, 2.05) is 60.7 Å². The van der Waals surface area contributed by atoms with E-state index in [0.29, 0.717) is 0 Å². The number of benzene rings is 2. The van der Waals surface area contributed by atoms with Crippen LogP contribution in [-0.4, -0.2) is 15.9 Å². The molecule has 0 aliphatic heterocycles. The molecule has 1 atom stereocenters. The van der Waals surface area contributed by atoms with Crippen LogP contribution in [0.25, 0.3) is 0 Å². The van der Waals surface area contributed by atoms with E-state index in [1.54, 1.807) is 0 Å². The number of carbonyl (C=O) groups excluding carboxylic acids is 1. The summed E-state index contributed by atoms with van der Waals surface area (Å²) >= 11 is 17.8. The van der Waals surface area contributed by atoms with Crippen molar-refractivity contribution in [3.8, 4) is 0 Å². The molecule has 0 radical (unpaired) electrons. The third-order valence-corrected chi connectivity index (χ3v) is 3.58. The highest BCUT2D eigenvalue weighted by Crippen LogP contribution is 2.31. The van der Waals surface area contributed by atoms with Crippen molar-refractivity contribution < 1.29 is 4.79 Å². The number of nitrogens with one attached hydrogen (secondary N) is 2. The van der Waals surface area contributed by atoms with Crippen molar-refractivity contribution in [2.75, 3.05) is 5.32 Å². The molecule has 2 N–H and O–H groups in total. The molecule has 3 nitrogen and oxygen atoms in total. The first-order valence-electron chi connectivity index (χ1n) is 6.67. The highest BCUT2D eigenvalue weighted by Gasteiger charge is 2.33. The van der Waals surface area contributed by atoms with Gasteiger partial charge in [-0.2, -0.15) is 0 Å². The monoisotopic (exact) mass is 356 g/mol. The van der Waals surface area contributed by atoms with Crippen LogP contribution in [0.3, 0.4) is 0 Å². The maximum atomic E-state index is 12.1. The van der Waals surface area contributed by atoms with Crippen LogP contribution < -0.4 is 10.6 Å². The maximum Gasteiger partial charge on any atom is 0.228 e. The third kappa shape index (κ3) is 5.41. The molecule has 0 unspecified atom stereocenters. The van der Waals surface area contributed by atoms with Crippen LogP contribution in [-0.2, 0) is 11.2 Å². The molecule has 1 amide bonds. The van der Waals surface area contributed by atoms with Crippen molar-refractivity contribution in [1.82, 2.24) is 5.32 Å². The fourth-order valence-electron chi connectivity index (χ4n) is 1.89. The largest absolute Gasteiger partial charge is 0.362 e. The van der Waals surface area contributed by atoms with Gasteiger partial charge in [0, 0.05) is 5.69 Å². The van der Waals surface area contributed by atoms with Gasteiger partial charge in [-0.3, -0.25) is 4.79 Å². The van der Waals surface area contributed by atoms with E-state index in [0.717, 1.165) is 11.3 Å². The minimum atomic E-state index is -1.68. The van der Waals surface area contributed by atoms with E-state index < -0.39 is 9.96 Å². The molecule has 0 heterocycles. The molecule has 0 spiro atoms. The zero-order valence-corrected chi connectivity index (χ0v) is 13.9. The summed E-state index contributed by atoms with van der Waals surface area (Å²) in [5.74, 6) is -0.231. The van der Waals surface area contributed by atoms with Crippen LogP contribution in [0.1, 0.15) is 5.56 Å². The Morgan fingerprint density at radius 2 is 1.50 bits per heavy atom. The first-order valence-corrected chi connectivity index (χ1v) is 7.80. The van der Waals surface area contributed by atoms with Crippen LogP contribution in [0.15, 0.2) is 60.7 Å². The first kappa shape index (κ1) is 16.9. The Kier molecular flexibility index (Phi) is 5.95. The molecule has 6 heteroatoms. The van der Waals surface area contributed by atoms with Gasteiger partial charge in [0.25, 0.3) is 0 Å². The Morgan fingerprint density at radius 3 is 2.05 bits per heavy atom. The Balaban J connectivity index is 2.02. The van der Waals surface area contributed by atoms with E-state index in [2.05, 4.69) is 10.6 Å². The van der Waals surface area contributed by atoms with Crippen LogP contribution in [0.4, 0.5) is 5.69 Å². The van der Waals surface area contributed by atoms with Gasteiger partial charge in [-0.15, -0.1) is 0 Å². The lowest BCUT2D eigenvalue weighted by Crippen LogP contribution is -2.49. The maximum absolute atomic E-state index is 12.1. The highest BCUT2D eigenvalue weighted by atomic mass is 35.6. The lowest BCUT2D eigenvalue weighted by molar-refractivity contribution is -0.120. The molecule has 2 rings (SSSR count). The van der Waals surface area contributed by atoms with E-state index in [9.17, 15) is 4.79 Å². The molecule has 0 aliphatic carbocycles. The zero-order chi connectivity index (χ0) is 16.0. The molecule has 0 bridgehead atoms. The summed E-state index contributed by atoms with van der Waals surface area (Å²) in [5, 5.41) is 5.72. The number of rotatable bonds is 5. The molecule has 0 saturated carbocycles. The number of anilines is 1. The SMILES string of the molecule is O=C(Cc1ccccc1)N[C@H](Nc1ccccc1)C(Cl)(Cl)Cl. The Bertz CT molecular complexity index is 600. The summed E-state index contributed by atoms with van der Waals surface area (Å²) < 4.78 is -1.68. The number of hydrogen-bond acceptors (Lipinski definition) is 2. The number of alkyl halides is 3. The molecular weight excluding hydrogens is 343 g/mol. The topological polar surface area (TPSA) is 41.1 Å². The van der Waals surface area contributed by atoms with Crippen LogP contribution in [0.5, 0.6) is 0 Å². The molecule has 2 aromatic carbocycles. The van der Waals surface area contributed by atoms with E-state index in [4.69, 9.17) is 34.8 Å². The van der Waals surface area contributed by atoms with Gasteiger partial charge in [-0.25, -0.2) is 0 Å². The minimum Gasteiger partial charge on any atom is -0.362 e. The summed E-state index contributed by atoms with van der Waals surface area (Å²) in [6, 6.07) is 18.6. The Morgan fingerprint density at radius 1 is 0.955 bits per heavy atom. The molecule has 0 aromatic heterocycles. The predicted octanol–water partition coefficient (Wildman–Crippen LogP) is 4.15. The lowest BCUT2D eigenvalue weighted by atomic mass is 10.1. The summed E-state index contributed by atoms with van der Waals surface area (Å²) in [7, 11) is 0. The first-order chi connectivity index (χ1) is 10.4. The summed E-state index contributed by atoms with van der Waals surface area (Å²) in [4.78, 5) is 12.1. The highest BCUT2D eigenvalue weighted by molar-refractivity contribution is 6.68. The Hall–Kier alpha value is -1.42. The van der Waals surface area contributed by atoms with Crippen LogP contribution >= 0.6 is 34.8 Å². The van der Waals surface area contributed by atoms with Gasteiger partial charge in [-0.05, 0) is 17.7 Å². The summed E-state index contributed by atoms with van der Waals surface area (Å²) in [6.45, 7) is 0. The van der Waals surface area contributed by atoms with Crippen molar-refractivity contribution in [3.05, 3.63) is 66.2 Å². The van der Waals surface area contributed by atoms with E-state index >= 15 is 0 Å². The van der Waals surface area contributed by atoms with Gasteiger partial charge >= 0.3 is 0 Å². The second-order valence-electron chi connectivity index (χ2n) is 4.71. The smallest absolute Gasteiger partial charge is 0.228 e. The normalized spacial score (nSPS) is 12.5. The van der Waals surface area contributed by atoms with Gasteiger partial charge < -0.3 is 10.6 Å². The van der Waals surface area contributed by atoms with Crippen molar-refractivity contribution in [2.24, 2.45) is 0 Å². The standard InChI is InChI=1S/C16H15Cl3N2O/c17-16(18,19)15(20-13-9-5-2-6-10-13)21-14(22)11-12-7-3-1-4-8-12/h1-10,15,20H,11H2,(H,21,22)/t15-/m0/s1.